The van der Waals surface area contributed by atoms with Gasteiger partial charge in [-0.3, -0.25) is 0 Å². The molecule has 0 heterocycles. The minimum Gasteiger partial charge on any atom is -0.207 e. The number of allylic oxidation sites excluding steroid dienone is 1. The smallest absolute Gasteiger partial charge is 0.123 e. The van der Waals surface area contributed by atoms with E-state index in [0.717, 1.165) is 36.0 Å². The molecule has 2 rings (SSSR count). The summed E-state index contributed by atoms with van der Waals surface area (Å²) in [6, 6.07) is 13.0. The lowest BCUT2D eigenvalue weighted by Crippen LogP contribution is -1.94. The average Bonchev–Trinajstić information content (AvgIpc) is 2.49. The number of rotatable bonds is 5. The number of unbranched alkanes of at least 4 members (excludes halogenated alkanes) is 1. The van der Waals surface area contributed by atoms with Crippen molar-refractivity contribution in [3.8, 4) is 0 Å². The first-order chi connectivity index (χ1) is 10.1. The number of benzene rings is 2. The van der Waals surface area contributed by atoms with E-state index in [4.69, 9.17) is 0 Å². The molecule has 0 saturated carbocycles. The van der Waals surface area contributed by atoms with Gasteiger partial charge < -0.3 is 0 Å². The Morgan fingerprint density at radius 1 is 0.810 bits per heavy atom. The molecule has 0 unspecified atom stereocenters. The Hall–Kier alpha value is -1.96. The van der Waals surface area contributed by atoms with Crippen molar-refractivity contribution in [1.29, 1.82) is 0 Å². The highest BCUT2D eigenvalue weighted by Gasteiger charge is 2.09. The third-order valence-corrected chi connectivity index (χ3v) is 3.60. The summed E-state index contributed by atoms with van der Waals surface area (Å²) >= 11 is 0. The fraction of sp³-hybridized carbons (Fsp3) is 0.263. The summed E-state index contributed by atoms with van der Waals surface area (Å²) in [5.41, 5.74) is 4.26. The highest BCUT2D eigenvalue weighted by molar-refractivity contribution is 5.81. The summed E-state index contributed by atoms with van der Waals surface area (Å²) < 4.78 is 26.3. The van der Waals surface area contributed by atoms with Crippen molar-refractivity contribution in [2.24, 2.45) is 0 Å². The van der Waals surface area contributed by atoms with Gasteiger partial charge >= 0.3 is 0 Å². The molecular formula is C19H20F2. The van der Waals surface area contributed by atoms with Gasteiger partial charge in [-0.25, -0.2) is 8.78 Å². The fourth-order valence-electron chi connectivity index (χ4n) is 2.46. The zero-order chi connectivity index (χ0) is 15.2. The summed E-state index contributed by atoms with van der Waals surface area (Å²) in [5, 5.41) is 0. The van der Waals surface area contributed by atoms with Crippen molar-refractivity contribution in [3.63, 3.8) is 0 Å². The maximum atomic E-state index is 13.1. The molecule has 21 heavy (non-hydrogen) atoms. The zero-order valence-electron chi connectivity index (χ0n) is 12.5. The Bertz CT molecular complexity index is 560. The van der Waals surface area contributed by atoms with Crippen LogP contribution >= 0.6 is 0 Å². The van der Waals surface area contributed by atoms with Crippen LogP contribution in [0.1, 0.15) is 44.2 Å². The Labute approximate surface area is 125 Å². The van der Waals surface area contributed by atoms with Crippen LogP contribution in [0.25, 0.3) is 5.57 Å². The van der Waals surface area contributed by atoms with Crippen LogP contribution in [0.2, 0.25) is 0 Å². The molecule has 0 saturated heterocycles. The van der Waals surface area contributed by atoms with Crippen LogP contribution in [0, 0.1) is 11.6 Å². The number of hydrogen-bond donors (Lipinski definition) is 0. The molecule has 0 atom stereocenters. The minimum absolute atomic E-state index is 0.247. The second-order valence-corrected chi connectivity index (χ2v) is 5.27. The first kappa shape index (κ1) is 15.4. The van der Waals surface area contributed by atoms with E-state index in [1.165, 1.54) is 29.8 Å². The summed E-state index contributed by atoms with van der Waals surface area (Å²) in [4.78, 5) is 0. The first-order valence-corrected chi connectivity index (χ1v) is 7.33. The fourth-order valence-corrected chi connectivity index (χ4v) is 2.46. The molecule has 0 fully saturated rings. The normalized spacial score (nSPS) is 10.5. The second kappa shape index (κ2) is 7.16. The summed E-state index contributed by atoms with van der Waals surface area (Å²) in [5.74, 6) is -0.494. The Morgan fingerprint density at radius 2 is 1.24 bits per heavy atom. The van der Waals surface area contributed by atoms with Gasteiger partial charge in [0.2, 0.25) is 0 Å². The molecule has 0 bridgehead atoms. The van der Waals surface area contributed by atoms with Crippen molar-refractivity contribution in [1.82, 2.24) is 0 Å². The van der Waals surface area contributed by atoms with E-state index >= 15 is 0 Å². The van der Waals surface area contributed by atoms with Gasteiger partial charge in [0.15, 0.2) is 0 Å². The Morgan fingerprint density at radius 3 is 1.62 bits per heavy atom. The monoisotopic (exact) mass is 286 g/mol. The second-order valence-electron chi connectivity index (χ2n) is 5.27. The van der Waals surface area contributed by atoms with Gasteiger partial charge in [-0.2, -0.15) is 0 Å². The van der Waals surface area contributed by atoms with Crippen LogP contribution < -0.4 is 0 Å². The molecule has 0 spiro atoms. The van der Waals surface area contributed by atoms with E-state index in [1.54, 1.807) is 24.3 Å². The molecule has 2 heteroatoms. The first-order valence-electron chi connectivity index (χ1n) is 7.33. The number of halogens is 2. The predicted molar refractivity (Wildman–Crippen MR) is 84.0 cm³/mol. The van der Waals surface area contributed by atoms with Gasteiger partial charge in [-0.15, -0.1) is 0 Å². The van der Waals surface area contributed by atoms with Crippen LogP contribution in [-0.2, 0) is 0 Å². The molecule has 0 aromatic heterocycles. The van der Waals surface area contributed by atoms with Crippen molar-refractivity contribution in [2.45, 2.75) is 33.1 Å². The van der Waals surface area contributed by atoms with E-state index in [0.29, 0.717) is 0 Å². The molecule has 2 aromatic carbocycles. The van der Waals surface area contributed by atoms with Crippen LogP contribution in [-0.4, -0.2) is 0 Å². The molecule has 110 valence electrons. The molecule has 0 aliphatic rings. The molecule has 0 N–H and O–H groups in total. The van der Waals surface area contributed by atoms with Gasteiger partial charge in [0.05, 0.1) is 0 Å². The van der Waals surface area contributed by atoms with E-state index < -0.39 is 0 Å². The standard InChI is InChI=1S/C19H20F2/c1-3-4-5-14(2)19(15-6-10-17(20)11-7-15)16-8-12-18(21)13-9-16/h6-13H,3-5H2,1-2H3. The molecule has 0 aliphatic heterocycles. The van der Waals surface area contributed by atoms with E-state index in [9.17, 15) is 8.78 Å². The van der Waals surface area contributed by atoms with Crippen LogP contribution in [0.15, 0.2) is 54.1 Å². The summed E-state index contributed by atoms with van der Waals surface area (Å²) in [7, 11) is 0. The Balaban J connectivity index is 2.48. The zero-order valence-corrected chi connectivity index (χ0v) is 12.5. The lowest BCUT2D eigenvalue weighted by Gasteiger charge is -2.14. The largest absolute Gasteiger partial charge is 0.207 e. The SMILES string of the molecule is CCCCC(C)=C(c1ccc(F)cc1)c1ccc(F)cc1. The summed E-state index contributed by atoms with van der Waals surface area (Å²) in [6.07, 6.45) is 3.22. The highest BCUT2D eigenvalue weighted by atomic mass is 19.1. The van der Waals surface area contributed by atoms with Crippen molar-refractivity contribution >= 4 is 5.57 Å². The maximum Gasteiger partial charge on any atom is 0.123 e. The molecule has 0 nitrogen and oxygen atoms in total. The average molecular weight is 286 g/mol. The van der Waals surface area contributed by atoms with Crippen molar-refractivity contribution in [3.05, 3.63) is 76.9 Å². The van der Waals surface area contributed by atoms with E-state index in [2.05, 4.69) is 13.8 Å². The van der Waals surface area contributed by atoms with Gasteiger partial charge in [0.1, 0.15) is 11.6 Å². The van der Waals surface area contributed by atoms with Gasteiger partial charge in [-0.1, -0.05) is 43.2 Å². The van der Waals surface area contributed by atoms with Crippen molar-refractivity contribution < 1.29 is 8.78 Å². The van der Waals surface area contributed by atoms with Crippen LogP contribution in [0.3, 0.4) is 0 Å². The topological polar surface area (TPSA) is 0 Å². The molecule has 0 radical (unpaired) electrons. The number of hydrogen-bond acceptors (Lipinski definition) is 0. The van der Waals surface area contributed by atoms with E-state index in [1.807, 2.05) is 0 Å². The highest BCUT2D eigenvalue weighted by Crippen LogP contribution is 2.29. The summed E-state index contributed by atoms with van der Waals surface area (Å²) in [6.45, 7) is 4.25. The van der Waals surface area contributed by atoms with Crippen LogP contribution in [0.5, 0.6) is 0 Å². The molecule has 2 aromatic rings. The third kappa shape index (κ3) is 4.01. The predicted octanol–water partition coefficient (Wildman–Crippen LogP) is 5.98. The lowest BCUT2D eigenvalue weighted by molar-refractivity contribution is 0.627. The minimum atomic E-state index is -0.247. The molecule has 0 amide bonds. The molecule has 0 aliphatic carbocycles. The third-order valence-electron chi connectivity index (χ3n) is 3.60. The maximum absolute atomic E-state index is 13.1. The van der Waals surface area contributed by atoms with Gasteiger partial charge in [0, 0.05) is 0 Å². The quantitative estimate of drug-likeness (QED) is 0.634. The van der Waals surface area contributed by atoms with Crippen LogP contribution in [0.4, 0.5) is 8.78 Å². The van der Waals surface area contributed by atoms with Crippen molar-refractivity contribution in [2.75, 3.05) is 0 Å². The van der Waals surface area contributed by atoms with Gasteiger partial charge in [-0.05, 0) is 60.7 Å². The van der Waals surface area contributed by atoms with E-state index in [-0.39, 0.29) is 11.6 Å². The van der Waals surface area contributed by atoms with Gasteiger partial charge in [0.25, 0.3) is 0 Å². The molecular weight excluding hydrogens is 266 g/mol. The Kier molecular flexibility index (Phi) is 5.26. The lowest BCUT2D eigenvalue weighted by atomic mass is 9.91.